The standard InChI is InChI=1S/C20H24N4O3S/c1-14(2)27-20(3,4)17-13-28-19(21-17)22-18(25)16-6-5-9-23(16)12-15-7-10-24(26)11-8-15/h5-11,13-14H,12H2,1-4H3,(H,21,22,25). The molecule has 0 saturated heterocycles. The van der Waals surface area contributed by atoms with Crippen molar-refractivity contribution in [3.05, 3.63) is 70.4 Å². The highest BCUT2D eigenvalue weighted by Crippen LogP contribution is 2.29. The molecule has 8 heteroatoms. The van der Waals surface area contributed by atoms with Crippen LogP contribution in [0.4, 0.5) is 5.13 Å². The van der Waals surface area contributed by atoms with Gasteiger partial charge in [0.05, 0.1) is 11.8 Å². The Morgan fingerprint density at radius 1 is 1.36 bits per heavy atom. The van der Waals surface area contributed by atoms with Crippen molar-refractivity contribution in [1.82, 2.24) is 9.55 Å². The van der Waals surface area contributed by atoms with Crippen LogP contribution in [-0.4, -0.2) is 21.6 Å². The van der Waals surface area contributed by atoms with Gasteiger partial charge in [0.15, 0.2) is 17.5 Å². The Hall–Kier alpha value is -2.71. The molecule has 148 valence electrons. The van der Waals surface area contributed by atoms with Crippen LogP contribution in [0.2, 0.25) is 0 Å². The number of carbonyl (C=O) groups is 1. The first-order valence-corrected chi connectivity index (χ1v) is 9.90. The van der Waals surface area contributed by atoms with E-state index in [-0.39, 0.29) is 12.0 Å². The normalized spacial score (nSPS) is 11.8. The van der Waals surface area contributed by atoms with Gasteiger partial charge in [0, 0.05) is 30.3 Å². The van der Waals surface area contributed by atoms with E-state index in [9.17, 15) is 10.0 Å². The number of nitrogens with one attached hydrogen (secondary N) is 1. The van der Waals surface area contributed by atoms with Gasteiger partial charge in [-0.1, -0.05) is 0 Å². The molecular formula is C20H24N4O3S. The lowest BCUT2D eigenvalue weighted by Gasteiger charge is -2.25. The molecule has 0 radical (unpaired) electrons. The Balaban J connectivity index is 1.71. The van der Waals surface area contributed by atoms with Crippen molar-refractivity contribution in [3.8, 4) is 0 Å². The first-order valence-electron chi connectivity index (χ1n) is 9.02. The maximum absolute atomic E-state index is 12.7. The first kappa shape index (κ1) is 20.0. The summed E-state index contributed by atoms with van der Waals surface area (Å²) in [4.78, 5) is 17.2. The monoisotopic (exact) mass is 400 g/mol. The molecule has 0 fully saturated rings. The fraction of sp³-hybridized carbons (Fsp3) is 0.350. The number of amides is 1. The van der Waals surface area contributed by atoms with Crippen molar-refractivity contribution in [1.29, 1.82) is 0 Å². The molecular weight excluding hydrogens is 376 g/mol. The van der Waals surface area contributed by atoms with Crippen molar-refractivity contribution in [2.24, 2.45) is 0 Å². The zero-order chi connectivity index (χ0) is 20.3. The first-order chi connectivity index (χ1) is 13.2. The van der Waals surface area contributed by atoms with Crippen molar-refractivity contribution < 1.29 is 14.3 Å². The van der Waals surface area contributed by atoms with Gasteiger partial charge in [0.2, 0.25) is 0 Å². The predicted molar refractivity (Wildman–Crippen MR) is 108 cm³/mol. The SMILES string of the molecule is CC(C)OC(C)(C)c1csc(NC(=O)c2cccn2Cc2cc[n+]([O-])cc2)n1. The topological polar surface area (TPSA) is 83.1 Å². The molecule has 0 unspecified atom stereocenters. The third-order valence-corrected chi connectivity index (χ3v) is 4.92. The molecule has 3 rings (SSSR count). The number of hydrogen-bond acceptors (Lipinski definition) is 5. The Morgan fingerprint density at radius 2 is 2.07 bits per heavy atom. The van der Waals surface area contributed by atoms with Crippen LogP contribution >= 0.6 is 11.3 Å². The molecule has 0 aromatic carbocycles. The number of hydrogen-bond donors (Lipinski definition) is 1. The minimum absolute atomic E-state index is 0.0760. The maximum Gasteiger partial charge on any atom is 0.274 e. The van der Waals surface area contributed by atoms with Crippen LogP contribution in [0, 0.1) is 5.21 Å². The number of thiazole rings is 1. The molecule has 0 aliphatic rings. The maximum atomic E-state index is 12.7. The fourth-order valence-electron chi connectivity index (χ4n) is 2.92. The molecule has 1 amide bonds. The molecule has 3 aromatic heterocycles. The smallest absolute Gasteiger partial charge is 0.274 e. The summed E-state index contributed by atoms with van der Waals surface area (Å²) in [5.41, 5.74) is 1.71. The van der Waals surface area contributed by atoms with Crippen molar-refractivity contribution in [3.63, 3.8) is 0 Å². The van der Waals surface area contributed by atoms with Gasteiger partial charge in [-0.2, -0.15) is 4.73 Å². The van der Waals surface area contributed by atoms with Gasteiger partial charge >= 0.3 is 0 Å². The molecule has 3 aromatic rings. The molecule has 3 heterocycles. The Bertz CT molecular complexity index is 945. The molecule has 0 aliphatic heterocycles. The van der Waals surface area contributed by atoms with Crippen LogP contribution in [0.15, 0.2) is 48.2 Å². The van der Waals surface area contributed by atoms with Crippen LogP contribution in [0.5, 0.6) is 0 Å². The number of rotatable bonds is 7. The lowest BCUT2D eigenvalue weighted by molar-refractivity contribution is -0.605. The average molecular weight is 401 g/mol. The minimum Gasteiger partial charge on any atom is -0.619 e. The summed E-state index contributed by atoms with van der Waals surface area (Å²) in [7, 11) is 0. The lowest BCUT2D eigenvalue weighted by atomic mass is 10.1. The minimum atomic E-state index is -0.528. The van der Waals surface area contributed by atoms with E-state index in [1.54, 1.807) is 18.2 Å². The van der Waals surface area contributed by atoms with Crippen molar-refractivity contribution in [2.45, 2.75) is 45.9 Å². The van der Waals surface area contributed by atoms with E-state index in [2.05, 4.69) is 10.3 Å². The molecule has 28 heavy (non-hydrogen) atoms. The highest BCUT2D eigenvalue weighted by atomic mass is 32.1. The van der Waals surface area contributed by atoms with Gasteiger partial charge in [-0.05, 0) is 45.4 Å². The van der Waals surface area contributed by atoms with E-state index in [0.29, 0.717) is 17.4 Å². The van der Waals surface area contributed by atoms with Gasteiger partial charge in [0.1, 0.15) is 11.3 Å². The molecule has 0 atom stereocenters. The molecule has 0 bridgehead atoms. The second kappa shape index (κ2) is 8.12. The largest absolute Gasteiger partial charge is 0.619 e. The van der Waals surface area contributed by atoms with Gasteiger partial charge < -0.3 is 14.5 Å². The average Bonchev–Trinajstić information content (AvgIpc) is 3.25. The van der Waals surface area contributed by atoms with Gasteiger partial charge in [-0.15, -0.1) is 11.3 Å². The predicted octanol–water partition coefficient (Wildman–Crippen LogP) is 3.54. The van der Waals surface area contributed by atoms with E-state index >= 15 is 0 Å². The second-order valence-electron chi connectivity index (χ2n) is 7.26. The molecule has 1 N–H and O–H groups in total. The molecule has 7 nitrogen and oxygen atoms in total. The Kier molecular flexibility index (Phi) is 5.81. The Morgan fingerprint density at radius 3 is 2.75 bits per heavy atom. The highest BCUT2D eigenvalue weighted by molar-refractivity contribution is 7.14. The fourth-order valence-corrected chi connectivity index (χ4v) is 3.78. The number of aromatic nitrogens is 3. The van der Waals surface area contributed by atoms with Crippen molar-refractivity contribution in [2.75, 3.05) is 5.32 Å². The van der Waals surface area contributed by atoms with Gasteiger partial charge in [0.25, 0.3) is 5.91 Å². The Labute approximate surface area is 168 Å². The summed E-state index contributed by atoms with van der Waals surface area (Å²) in [6.07, 6.45) is 4.79. The zero-order valence-electron chi connectivity index (χ0n) is 16.4. The van der Waals surface area contributed by atoms with E-state index in [1.165, 1.54) is 23.7 Å². The second-order valence-corrected chi connectivity index (χ2v) is 8.11. The van der Waals surface area contributed by atoms with Crippen LogP contribution in [0.25, 0.3) is 0 Å². The summed E-state index contributed by atoms with van der Waals surface area (Å²) in [6.45, 7) is 8.38. The van der Waals surface area contributed by atoms with Crippen LogP contribution in [-0.2, 0) is 16.9 Å². The number of ether oxygens (including phenoxy) is 1. The molecule has 0 aliphatic carbocycles. The van der Waals surface area contributed by atoms with Crippen LogP contribution < -0.4 is 10.0 Å². The summed E-state index contributed by atoms with van der Waals surface area (Å²) >= 11 is 1.37. The number of pyridine rings is 1. The third-order valence-electron chi connectivity index (χ3n) is 4.16. The van der Waals surface area contributed by atoms with Crippen molar-refractivity contribution >= 4 is 22.4 Å². The summed E-state index contributed by atoms with van der Waals surface area (Å²) < 4.78 is 8.48. The van der Waals surface area contributed by atoms with Gasteiger partial charge in [-0.25, -0.2) is 4.98 Å². The number of nitrogens with zero attached hydrogens (tertiary/aromatic N) is 3. The van der Waals surface area contributed by atoms with Gasteiger partial charge in [-0.3, -0.25) is 10.1 Å². The lowest BCUT2D eigenvalue weighted by Crippen LogP contribution is -2.26. The summed E-state index contributed by atoms with van der Waals surface area (Å²) in [5.74, 6) is -0.233. The zero-order valence-corrected chi connectivity index (χ0v) is 17.2. The quantitative estimate of drug-likeness (QED) is 0.486. The van der Waals surface area contributed by atoms with E-state index in [4.69, 9.17) is 4.74 Å². The number of anilines is 1. The van der Waals surface area contributed by atoms with E-state index < -0.39 is 5.60 Å². The molecule has 0 saturated carbocycles. The van der Waals surface area contributed by atoms with Crippen LogP contribution in [0.3, 0.4) is 0 Å². The summed E-state index contributed by atoms with van der Waals surface area (Å²) in [5, 5.41) is 16.5. The van der Waals surface area contributed by atoms with E-state index in [0.717, 1.165) is 16.0 Å². The number of carbonyl (C=O) groups excluding carboxylic acids is 1. The van der Waals surface area contributed by atoms with E-state index in [1.807, 2.05) is 49.9 Å². The third kappa shape index (κ3) is 4.76. The summed E-state index contributed by atoms with van der Waals surface area (Å²) in [6, 6.07) is 7.04. The van der Waals surface area contributed by atoms with Crippen LogP contribution in [0.1, 0.15) is 49.4 Å². The highest BCUT2D eigenvalue weighted by Gasteiger charge is 2.26. The molecule has 0 spiro atoms.